The maximum Gasteiger partial charge on any atom is 0.248 e. The molecule has 0 aliphatic heterocycles. The van der Waals surface area contributed by atoms with E-state index in [4.69, 9.17) is 4.74 Å². The van der Waals surface area contributed by atoms with E-state index in [1.54, 1.807) is 6.08 Å². The van der Waals surface area contributed by atoms with Crippen LogP contribution in [-0.4, -0.2) is 39.8 Å². The lowest BCUT2D eigenvalue weighted by molar-refractivity contribution is -0.111. The highest BCUT2D eigenvalue weighted by atomic mass is 32.2. The second kappa shape index (κ2) is 7.61. The van der Waals surface area contributed by atoms with Crippen molar-refractivity contribution in [2.24, 2.45) is 0 Å². The Balaban J connectivity index is 2.26. The van der Waals surface area contributed by atoms with E-state index in [1.807, 2.05) is 16.8 Å². The van der Waals surface area contributed by atoms with Crippen LogP contribution in [0.4, 0.5) is 5.69 Å². The third-order valence-electron chi connectivity index (χ3n) is 3.18. The molecule has 0 bridgehead atoms. The average molecular weight is 366 g/mol. The SMILES string of the molecule is COc1ccc(S(=O)(=O)N(C)C)cc1NC(=O)/C=C/c1ccsc1. The molecule has 128 valence electrons. The molecule has 1 heterocycles. The maximum absolute atomic E-state index is 12.2. The molecule has 2 rings (SSSR count). The number of hydrogen-bond donors (Lipinski definition) is 1. The van der Waals surface area contributed by atoms with Gasteiger partial charge in [-0.3, -0.25) is 4.79 Å². The number of carbonyl (C=O) groups excluding carboxylic acids is 1. The van der Waals surface area contributed by atoms with Gasteiger partial charge in [-0.2, -0.15) is 11.3 Å². The van der Waals surface area contributed by atoms with Crippen molar-refractivity contribution in [1.29, 1.82) is 0 Å². The molecule has 0 radical (unpaired) electrons. The van der Waals surface area contributed by atoms with Crippen molar-refractivity contribution >= 4 is 39.0 Å². The zero-order valence-electron chi connectivity index (χ0n) is 13.5. The second-order valence-electron chi connectivity index (χ2n) is 5.03. The highest BCUT2D eigenvalue weighted by Gasteiger charge is 2.19. The summed E-state index contributed by atoms with van der Waals surface area (Å²) in [6.07, 6.45) is 3.06. The summed E-state index contributed by atoms with van der Waals surface area (Å²) in [6, 6.07) is 6.21. The minimum absolute atomic E-state index is 0.0745. The van der Waals surface area contributed by atoms with Gasteiger partial charge < -0.3 is 10.1 Å². The minimum atomic E-state index is -3.60. The van der Waals surface area contributed by atoms with E-state index in [1.165, 1.54) is 56.8 Å². The Morgan fingerprint density at radius 1 is 1.29 bits per heavy atom. The topological polar surface area (TPSA) is 75.7 Å². The zero-order chi connectivity index (χ0) is 17.7. The molecule has 0 spiro atoms. The fourth-order valence-electron chi connectivity index (χ4n) is 1.87. The molecule has 0 aliphatic rings. The number of rotatable bonds is 6. The number of benzene rings is 1. The first-order valence-electron chi connectivity index (χ1n) is 6.96. The van der Waals surface area contributed by atoms with E-state index in [-0.39, 0.29) is 10.8 Å². The number of carbonyl (C=O) groups is 1. The van der Waals surface area contributed by atoms with Crippen LogP contribution >= 0.6 is 11.3 Å². The maximum atomic E-state index is 12.2. The first-order valence-corrected chi connectivity index (χ1v) is 9.34. The smallest absolute Gasteiger partial charge is 0.248 e. The fourth-order valence-corrected chi connectivity index (χ4v) is 3.43. The van der Waals surface area contributed by atoms with Gasteiger partial charge in [-0.25, -0.2) is 12.7 Å². The molecule has 0 saturated heterocycles. The van der Waals surface area contributed by atoms with E-state index in [0.717, 1.165) is 9.87 Å². The first-order chi connectivity index (χ1) is 11.3. The summed E-state index contributed by atoms with van der Waals surface area (Å²) >= 11 is 1.53. The van der Waals surface area contributed by atoms with Gasteiger partial charge in [0.05, 0.1) is 17.7 Å². The number of sulfonamides is 1. The highest BCUT2D eigenvalue weighted by molar-refractivity contribution is 7.89. The summed E-state index contributed by atoms with van der Waals surface area (Å²) in [4.78, 5) is 12.1. The van der Waals surface area contributed by atoms with Crippen LogP contribution in [0.2, 0.25) is 0 Å². The predicted molar refractivity (Wildman–Crippen MR) is 95.8 cm³/mol. The summed E-state index contributed by atoms with van der Waals surface area (Å²) in [5.41, 5.74) is 1.21. The van der Waals surface area contributed by atoms with Gasteiger partial charge in [0.15, 0.2) is 0 Å². The summed E-state index contributed by atoms with van der Waals surface area (Å²) in [6.45, 7) is 0. The minimum Gasteiger partial charge on any atom is -0.495 e. The standard InChI is InChI=1S/C16H18N2O4S2/c1-18(2)24(20,21)13-5-6-15(22-3)14(10-13)17-16(19)7-4-12-8-9-23-11-12/h4-11H,1-3H3,(H,17,19)/b7-4+. The molecule has 1 aromatic heterocycles. The van der Waals surface area contributed by atoms with Crippen molar-refractivity contribution in [2.75, 3.05) is 26.5 Å². The van der Waals surface area contributed by atoms with Crippen LogP contribution in [0.25, 0.3) is 6.08 Å². The molecule has 1 aromatic carbocycles. The van der Waals surface area contributed by atoms with Crippen LogP contribution in [0.15, 0.2) is 46.0 Å². The lowest BCUT2D eigenvalue weighted by atomic mass is 10.2. The van der Waals surface area contributed by atoms with Crippen LogP contribution in [0.1, 0.15) is 5.56 Å². The number of nitrogens with one attached hydrogen (secondary N) is 1. The van der Waals surface area contributed by atoms with Gasteiger partial charge in [-0.1, -0.05) is 0 Å². The molecule has 0 saturated carbocycles. The second-order valence-corrected chi connectivity index (χ2v) is 7.96. The van der Waals surface area contributed by atoms with Gasteiger partial charge in [0, 0.05) is 20.2 Å². The first kappa shape index (κ1) is 18.2. The molecule has 2 aromatic rings. The lowest BCUT2D eigenvalue weighted by Gasteiger charge is -2.14. The normalized spacial score (nSPS) is 11.8. The number of ether oxygens (including phenoxy) is 1. The van der Waals surface area contributed by atoms with Crippen molar-refractivity contribution in [3.8, 4) is 5.75 Å². The van der Waals surface area contributed by atoms with E-state index >= 15 is 0 Å². The van der Waals surface area contributed by atoms with Crippen molar-refractivity contribution < 1.29 is 17.9 Å². The number of nitrogens with zero attached hydrogens (tertiary/aromatic N) is 1. The molecule has 0 fully saturated rings. The van der Waals surface area contributed by atoms with Crippen molar-refractivity contribution in [3.63, 3.8) is 0 Å². The van der Waals surface area contributed by atoms with Gasteiger partial charge >= 0.3 is 0 Å². The third-order valence-corrected chi connectivity index (χ3v) is 5.69. The van der Waals surface area contributed by atoms with Gasteiger partial charge in [0.1, 0.15) is 5.75 Å². The molecule has 1 amide bonds. The molecular formula is C16H18N2O4S2. The summed E-state index contributed by atoms with van der Waals surface area (Å²) in [5, 5.41) is 6.47. The van der Waals surface area contributed by atoms with Gasteiger partial charge in [0.25, 0.3) is 0 Å². The number of methoxy groups -OCH3 is 1. The Morgan fingerprint density at radius 3 is 2.62 bits per heavy atom. The average Bonchev–Trinajstić information content (AvgIpc) is 3.06. The number of hydrogen-bond acceptors (Lipinski definition) is 5. The van der Waals surface area contributed by atoms with Crippen molar-refractivity contribution in [3.05, 3.63) is 46.7 Å². The summed E-state index contributed by atoms with van der Waals surface area (Å²) in [5.74, 6) is 0.00360. The Kier molecular flexibility index (Phi) is 5.76. The van der Waals surface area contributed by atoms with E-state index in [2.05, 4.69) is 5.32 Å². The van der Waals surface area contributed by atoms with Crippen LogP contribution in [0.5, 0.6) is 5.75 Å². The quantitative estimate of drug-likeness (QED) is 0.798. The Hall–Kier alpha value is -2.16. The third kappa shape index (κ3) is 4.22. The van der Waals surface area contributed by atoms with E-state index < -0.39 is 10.0 Å². The Morgan fingerprint density at radius 2 is 2.04 bits per heavy atom. The lowest BCUT2D eigenvalue weighted by Crippen LogP contribution is -2.22. The number of anilines is 1. The van der Waals surface area contributed by atoms with Gasteiger partial charge in [-0.15, -0.1) is 0 Å². The summed E-state index contributed by atoms with van der Waals surface area (Å²) in [7, 11) is 0.744. The molecule has 1 N–H and O–H groups in total. The van der Waals surface area contributed by atoms with Crippen molar-refractivity contribution in [2.45, 2.75) is 4.90 Å². The van der Waals surface area contributed by atoms with Crippen LogP contribution < -0.4 is 10.1 Å². The highest BCUT2D eigenvalue weighted by Crippen LogP contribution is 2.28. The van der Waals surface area contributed by atoms with E-state index in [0.29, 0.717) is 11.4 Å². The van der Waals surface area contributed by atoms with Gasteiger partial charge in [0.2, 0.25) is 15.9 Å². The number of amides is 1. The van der Waals surface area contributed by atoms with Crippen LogP contribution in [-0.2, 0) is 14.8 Å². The molecule has 6 nitrogen and oxygen atoms in total. The fraction of sp³-hybridized carbons (Fsp3) is 0.188. The van der Waals surface area contributed by atoms with Crippen LogP contribution in [0.3, 0.4) is 0 Å². The molecule has 8 heteroatoms. The molecular weight excluding hydrogens is 348 g/mol. The molecule has 0 aliphatic carbocycles. The van der Waals surface area contributed by atoms with Crippen molar-refractivity contribution in [1.82, 2.24) is 4.31 Å². The largest absolute Gasteiger partial charge is 0.495 e. The number of thiophene rings is 1. The van der Waals surface area contributed by atoms with Crippen LogP contribution in [0, 0.1) is 0 Å². The molecule has 24 heavy (non-hydrogen) atoms. The van der Waals surface area contributed by atoms with Gasteiger partial charge in [-0.05, 0) is 46.7 Å². The predicted octanol–water partition coefficient (Wildman–Crippen LogP) is 2.66. The van der Waals surface area contributed by atoms with E-state index in [9.17, 15) is 13.2 Å². The Labute approximate surface area is 145 Å². The molecule has 0 atom stereocenters. The molecule has 0 unspecified atom stereocenters. The summed E-state index contributed by atoms with van der Waals surface area (Å²) < 4.78 is 30.7. The zero-order valence-corrected chi connectivity index (χ0v) is 15.1. The monoisotopic (exact) mass is 366 g/mol. The Bertz CT molecular complexity index is 841.